The largest absolute Gasteiger partial charge is 0.366 e. The summed E-state index contributed by atoms with van der Waals surface area (Å²) >= 11 is 0. The van der Waals surface area contributed by atoms with E-state index in [-0.39, 0.29) is 18.0 Å². The second kappa shape index (κ2) is 10.1. The van der Waals surface area contributed by atoms with E-state index in [2.05, 4.69) is 79.5 Å². The summed E-state index contributed by atoms with van der Waals surface area (Å²) < 4.78 is 6.60. The Kier molecular flexibility index (Phi) is 8.15. The average molecular weight is 374 g/mol. The standard InChI is InChI=1S/C23H31NO.ClH/c1-3-18-25-23(21-10-6-4-7-11-21,22-12-8-5-9-13-22)16-17-24(2)19-20-14-15-20;/h4-13,20H,3,14-19H2,1-2H3;1H. The molecule has 0 aliphatic heterocycles. The van der Waals surface area contributed by atoms with Crippen LogP contribution in [-0.2, 0) is 10.3 Å². The Morgan fingerprint density at radius 1 is 0.962 bits per heavy atom. The molecule has 1 saturated carbocycles. The molecule has 0 aromatic heterocycles. The predicted octanol–water partition coefficient (Wildman–Crippen LogP) is 5.51. The van der Waals surface area contributed by atoms with Gasteiger partial charge in [-0.25, -0.2) is 0 Å². The number of halogens is 1. The third-order valence-electron chi connectivity index (χ3n) is 5.15. The Hall–Kier alpha value is -1.35. The van der Waals surface area contributed by atoms with Gasteiger partial charge in [-0.15, -0.1) is 12.4 Å². The van der Waals surface area contributed by atoms with Crippen molar-refractivity contribution in [3.63, 3.8) is 0 Å². The van der Waals surface area contributed by atoms with Crippen molar-refractivity contribution in [1.29, 1.82) is 0 Å². The summed E-state index contributed by atoms with van der Waals surface area (Å²) in [5, 5.41) is 0. The highest BCUT2D eigenvalue weighted by atomic mass is 35.5. The minimum Gasteiger partial charge on any atom is -0.366 e. The predicted molar refractivity (Wildman–Crippen MR) is 112 cm³/mol. The van der Waals surface area contributed by atoms with Crippen molar-refractivity contribution in [1.82, 2.24) is 4.90 Å². The smallest absolute Gasteiger partial charge is 0.119 e. The van der Waals surface area contributed by atoms with Gasteiger partial charge in [0.1, 0.15) is 5.60 Å². The Bertz CT molecular complexity index is 588. The van der Waals surface area contributed by atoms with Crippen LogP contribution in [-0.4, -0.2) is 31.6 Å². The highest BCUT2D eigenvalue weighted by Gasteiger charge is 2.35. The first kappa shape index (κ1) is 21.0. The second-order valence-electron chi connectivity index (χ2n) is 7.36. The molecule has 0 atom stereocenters. The molecule has 1 aliphatic carbocycles. The van der Waals surface area contributed by atoms with Gasteiger partial charge in [0, 0.05) is 19.7 Å². The maximum Gasteiger partial charge on any atom is 0.119 e. The van der Waals surface area contributed by atoms with Crippen LogP contribution in [0.25, 0.3) is 0 Å². The number of rotatable bonds is 10. The molecule has 142 valence electrons. The number of hydrogen-bond acceptors (Lipinski definition) is 2. The highest BCUT2D eigenvalue weighted by molar-refractivity contribution is 5.85. The first-order valence-electron chi connectivity index (χ1n) is 9.68. The molecule has 2 aromatic rings. The van der Waals surface area contributed by atoms with E-state index in [0.29, 0.717) is 0 Å². The van der Waals surface area contributed by atoms with E-state index in [1.54, 1.807) is 0 Å². The SMILES string of the molecule is CCCOC(CCN(C)CC1CC1)(c1ccccc1)c1ccccc1.Cl. The van der Waals surface area contributed by atoms with Crippen LogP contribution in [0.1, 0.15) is 43.7 Å². The minimum absolute atomic E-state index is 0. The van der Waals surface area contributed by atoms with Crippen molar-refractivity contribution in [2.75, 3.05) is 26.7 Å². The van der Waals surface area contributed by atoms with Gasteiger partial charge in [-0.3, -0.25) is 0 Å². The molecule has 0 amide bonds. The molecule has 2 nitrogen and oxygen atoms in total. The van der Waals surface area contributed by atoms with Gasteiger partial charge >= 0.3 is 0 Å². The first-order valence-corrected chi connectivity index (χ1v) is 9.68. The zero-order valence-corrected chi connectivity index (χ0v) is 16.9. The quantitative estimate of drug-likeness (QED) is 0.544. The molecule has 26 heavy (non-hydrogen) atoms. The summed E-state index contributed by atoms with van der Waals surface area (Å²) in [7, 11) is 2.25. The van der Waals surface area contributed by atoms with Gasteiger partial charge in [-0.2, -0.15) is 0 Å². The molecular weight excluding hydrogens is 342 g/mol. The molecule has 1 aliphatic rings. The maximum absolute atomic E-state index is 6.60. The van der Waals surface area contributed by atoms with E-state index < -0.39 is 0 Å². The summed E-state index contributed by atoms with van der Waals surface area (Å²) in [4.78, 5) is 2.48. The molecule has 0 N–H and O–H groups in total. The van der Waals surface area contributed by atoms with Crippen molar-refractivity contribution in [2.24, 2.45) is 5.92 Å². The monoisotopic (exact) mass is 373 g/mol. The van der Waals surface area contributed by atoms with Crippen molar-refractivity contribution in [3.8, 4) is 0 Å². The van der Waals surface area contributed by atoms with Gasteiger partial charge in [-0.1, -0.05) is 67.6 Å². The molecule has 1 fully saturated rings. The number of hydrogen-bond donors (Lipinski definition) is 0. The van der Waals surface area contributed by atoms with Crippen LogP contribution < -0.4 is 0 Å². The lowest BCUT2D eigenvalue weighted by molar-refractivity contribution is -0.0294. The Labute approximate surface area is 165 Å². The van der Waals surface area contributed by atoms with Crippen LogP contribution in [0.15, 0.2) is 60.7 Å². The van der Waals surface area contributed by atoms with E-state index in [9.17, 15) is 0 Å². The van der Waals surface area contributed by atoms with Crippen molar-refractivity contribution in [3.05, 3.63) is 71.8 Å². The average Bonchev–Trinajstić information content (AvgIpc) is 3.48. The molecule has 0 saturated heterocycles. The topological polar surface area (TPSA) is 12.5 Å². The van der Waals surface area contributed by atoms with E-state index in [4.69, 9.17) is 4.74 Å². The second-order valence-corrected chi connectivity index (χ2v) is 7.36. The number of ether oxygens (including phenoxy) is 1. The molecule has 0 radical (unpaired) electrons. The van der Waals surface area contributed by atoms with Gasteiger partial charge in [-0.05, 0) is 49.8 Å². The zero-order chi connectivity index (χ0) is 17.5. The van der Waals surface area contributed by atoms with E-state index in [1.807, 2.05) is 0 Å². The van der Waals surface area contributed by atoms with E-state index in [0.717, 1.165) is 31.9 Å². The summed E-state index contributed by atoms with van der Waals surface area (Å²) in [5.41, 5.74) is 2.15. The van der Waals surface area contributed by atoms with Crippen molar-refractivity contribution in [2.45, 2.75) is 38.2 Å². The molecule has 3 rings (SSSR count). The molecule has 0 spiro atoms. The lowest BCUT2D eigenvalue weighted by Gasteiger charge is -2.36. The van der Waals surface area contributed by atoms with Crippen LogP contribution in [0.5, 0.6) is 0 Å². The fraction of sp³-hybridized carbons (Fsp3) is 0.478. The van der Waals surface area contributed by atoms with Crippen LogP contribution in [0.2, 0.25) is 0 Å². The molecule has 0 bridgehead atoms. The lowest BCUT2D eigenvalue weighted by Crippen LogP contribution is -2.36. The maximum atomic E-state index is 6.60. The van der Waals surface area contributed by atoms with E-state index in [1.165, 1.54) is 30.5 Å². The summed E-state index contributed by atoms with van der Waals surface area (Å²) in [5.74, 6) is 0.921. The van der Waals surface area contributed by atoms with Crippen LogP contribution in [0.4, 0.5) is 0 Å². The van der Waals surface area contributed by atoms with Crippen molar-refractivity contribution < 1.29 is 4.74 Å². The van der Waals surface area contributed by atoms with Crippen LogP contribution in [0.3, 0.4) is 0 Å². The summed E-state index contributed by atoms with van der Waals surface area (Å²) in [6, 6.07) is 21.5. The summed E-state index contributed by atoms with van der Waals surface area (Å²) in [6.07, 6.45) is 4.81. The minimum atomic E-state index is -0.365. The molecule has 0 unspecified atom stereocenters. The van der Waals surface area contributed by atoms with Gasteiger partial charge < -0.3 is 9.64 Å². The normalized spacial score (nSPS) is 14.3. The zero-order valence-electron chi connectivity index (χ0n) is 16.1. The third kappa shape index (κ3) is 5.33. The lowest BCUT2D eigenvalue weighted by atomic mass is 9.83. The van der Waals surface area contributed by atoms with Gasteiger partial charge in [0.2, 0.25) is 0 Å². The molecule has 3 heteroatoms. The molecule has 2 aromatic carbocycles. The highest BCUT2D eigenvalue weighted by Crippen LogP contribution is 2.38. The number of nitrogens with zero attached hydrogens (tertiary/aromatic N) is 1. The van der Waals surface area contributed by atoms with Crippen LogP contribution >= 0.6 is 12.4 Å². The fourth-order valence-electron chi connectivity index (χ4n) is 3.57. The Morgan fingerprint density at radius 2 is 1.50 bits per heavy atom. The van der Waals surface area contributed by atoms with Gasteiger partial charge in [0.05, 0.1) is 0 Å². The van der Waals surface area contributed by atoms with Crippen molar-refractivity contribution >= 4 is 12.4 Å². The molecule has 0 heterocycles. The van der Waals surface area contributed by atoms with Crippen LogP contribution in [0, 0.1) is 5.92 Å². The first-order chi connectivity index (χ1) is 12.2. The fourth-order valence-corrected chi connectivity index (χ4v) is 3.57. The van der Waals surface area contributed by atoms with Gasteiger partial charge in [0.15, 0.2) is 0 Å². The Morgan fingerprint density at radius 3 is 1.96 bits per heavy atom. The van der Waals surface area contributed by atoms with Gasteiger partial charge in [0.25, 0.3) is 0 Å². The summed E-state index contributed by atoms with van der Waals surface area (Å²) in [6.45, 7) is 5.22. The Balaban J connectivity index is 0.00000243. The third-order valence-corrected chi connectivity index (χ3v) is 5.15. The number of benzene rings is 2. The molecular formula is C23H32ClNO. The van der Waals surface area contributed by atoms with E-state index >= 15 is 0 Å².